The van der Waals surface area contributed by atoms with Crippen molar-refractivity contribution in [3.05, 3.63) is 58.7 Å². The highest BCUT2D eigenvalue weighted by Gasteiger charge is 2.08. The number of fused-ring (bicyclic) bond motifs is 1. The van der Waals surface area contributed by atoms with E-state index in [1.54, 1.807) is 14.2 Å². The molecule has 0 aliphatic heterocycles. The lowest BCUT2D eigenvalue weighted by Crippen LogP contribution is -2.23. The van der Waals surface area contributed by atoms with E-state index in [9.17, 15) is 4.79 Å². The van der Waals surface area contributed by atoms with Crippen LogP contribution in [0.3, 0.4) is 0 Å². The summed E-state index contributed by atoms with van der Waals surface area (Å²) in [6.45, 7) is 1.09. The summed E-state index contributed by atoms with van der Waals surface area (Å²) >= 11 is 3.55. The lowest BCUT2D eigenvalue weighted by molar-refractivity contribution is -0.121. The van der Waals surface area contributed by atoms with Crippen LogP contribution in [0.25, 0.3) is 10.9 Å². The number of nitrogens with zero attached hydrogens (tertiary/aromatic N) is 1. The van der Waals surface area contributed by atoms with E-state index >= 15 is 0 Å². The van der Waals surface area contributed by atoms with Crippen LogP contribution in [-0.2, 0) is 17.9 Å². The maximum atomic E-state index is 12.2. The lowest BCUT2D eigenvalue weighted by atomic mass is 10.2. The van der Waals surface area contributed by atoms with Gasteiger partial charge in [-0.3, -0.25) is 4.79 Å². The first-order chi connectivity index (χ1) is 12.6. The van der Waals surface area contributed by atoms with Crippen molar-refractivity contribution in [2.75, 3.05) is 14.2 Å². The SMILES string of the molecule is COc1ccc(CNC(=O)CCn2ccc3c(Br)cccc32)cc1OC. The molecule has 2 aromatic carbocycles. The molecule has 6 heteroatoms. The minimum absolute atomic E-state index is 0.0108. The minimum Gasteiger partial charge on any atom is -0.493 e. The number of carbonyl (C=O) groups excluding carboxylic acids is 1. The van der Waals surface area contributed by atoms with Gasteiger partial charge in [0.15, 0.2) is 11.5 Å². The van der Waals surface area contributed by atoms with Crippen molar-refractivity contribution in [1.82, 2.24) is 9.88 Å². The predicted octanol–water partition coefficient (Wildman–Crippen LogP) is 4.13. The molecule has 3 rings (SSSR count). The molecule has 26 heavy (non-hydrogen) atoms. The van der Waals surface area contributed by atoms with Crippen molar-refractivity contribution in [3.8, 4) is 11.5 Å². The summed E-state index contributed by atoms with van der Waals surface area (Å²) in [5.41, 5.74) is 2.08. The highest BCUT2D eigenvalue weighted by molar-refractivity contribution is 9.10. The number of ether oxygens (including phenoxy) is 2. The van der Waals surface area contributed by atoms with Crippen molar-refractivity contribution >= 4 is 32.7 Å². The summed E-state index contributed by atoms with van der Waals surface area (Å²) in [5.74, 6) is 1.34. The standard InChI is InChI=1S/C20H21BrN2O3/c1-25-18-7-6-14(12-19(18)26-2)13-22-20(24)9-11-23-10-8-15-16(21)4-3-5-17(15)23/h3-8,10,12H,9,11,13H2,1-2H3,(H,22,24). The third kappa shape index (κ3) is 4.02. The predicted molar refractivity (Wildman–Crippen MR) is 106 cm³/mol. The minimum atomic E-state index is 0.0108. The van der Waals surface area contributed by atoms with E-state index in [0.717, 1.165) is 20.9 Å². The number of amides is 1. The monoisotopic (exact) mass is 416 g/mol. The second-order valence-corrected chi connectivity index (χ2v) is 6.75. The Morgan fingerprint density at radius 2 is 1.92 bits per heavy atom. The van der Waals surface area contributed by atoms with Gasteiger partial charge in [-0.25, -0.2) is 0 Å². The van der Waals surface area contributed by atoms with Crippen molar-refractivity contribution in [1.29, 1.82) is 0 Å². The van der Waals surface area contributed by atoms with Crippen molar-refractivity contribution in [2.24, 2.45) is 0 Å². The van der Waals surface area contributed by atoms with Crippen molar-refractivity contribution in [2.45, 2.75) is 19.5 Å². The van der Waals surface area contributed by atoms with Gasteiger partial charge in [-0.2, -0.15) is 0 Å². The molecule has 0 unspecified atom stereocenters. The number of aromatic nitrogens is 1. The third-order valence-corrected chi connectivity index (χ3v) is 4.97. The lowest BCUT2D eigenvalue weighted by Gasteiger charge is -2.11. The normalized spacial score (nSPS) is 10.7. The van der Waals surface area contributed by atoms with Gasteiger partial charge in [-0.15, -0.1) is 0 Å². The Kier molecular flexibility index (Phi) is 5.83. The molecule has 0 bridgehead atoms. The van der Waals surface area contributed by atoms with Gasteiger partial charge in [-0.05, 0) is 35.9 Å². The van der Waals surface area contributed by atoms with E-state index in [0.29, 0.717) is 31.0 Å². The van der Waals surface area contributed by atoms with Crippen LogP contribution in [0.1, 0.15) is 12.0 Å². The van der Waals surface area contributed by atoms with Gasteiger partial charge in [0.1, 0.15) is 0 Å². The molecular formula is C20H21BrN2O3. The molecule has 0 aliphatic carbocycles. The fourth-order valence-electron chi connectivity index (χ4n) is 2.88. The number of rotatable bonds is 7. The highest BCUT2D eigenvalue weighted by atomic mass is 79.9. The Labute approximate surface area is 161 Å². The molecule has 136 valence electrons. The molecule has 0 spiro atoms. The number of benzene rings is 2. The molecule has 0 atom stereocenters. The fraction of sp³-hybridized carbons (Fsp3) is 0.250. The molecule has 5 nitrogen and oxygen atoms in total. The Morgan fingerprint density at radius 1 is 1.12 bits per heavy atom. The molecule has 0 saturated heterocycles. The number of halogens is 1. The third-order valence-electron chi connectivity index (χ3n) is 4.28. The van der Waals surface area contributed by atoms with Crippen molar-refractivity contribution < 1.29 is 14.3 Å². The molecule has 1 N–H and O–H groups in total. The van der Waals surface area contributed by atoms with Gasteiger partial charge in [0.05, 0.1) is 14.2 Å². The second kappa shape index (κ2) is 8.27. The van der Waals surface area contributed by atoms with Crippen LogP contribution in [0.2, 0.25) is 0 Å². The quantitative estimate of drug-likeness (QED) is 0.629. The van der Waals surface area contributed by atoms with Gasteiger partial charge in [0.2, 0.25) is 5.91 Å². The van der Waals surface area contributed by atoms with Crippen LogP contribution in [0, 0.1) is 0 Å². The van der Waals surface area contributed by atoms with Gasteiger partial charge < -0.3 is 19.4 Å². The molecule has 1 amide bonds. The summed E-state index contributed by atoms with van der Waals surface area (Å²) in [5, 5.41) is 4.10. The molecule has 3 aromatic rings. The van der Waals surface area contributed by atoms with E-state index < -0.39 is 0 Å². The first-order valence-corrected chi connectivity index (χ1v) is 9.12. The van der Waals surface area contributed by atoms with E-state index in [-0.39, 0.29) is 5.91 Å². The molecule has 0 radical (unpaired) electrons. The zero-order chi connectivity index (χ0) is 18.5. The molecular weight excluding hydrogens is 396 g/mol. The summed E-state index contributed by atoms with van der Waals surface area (Å²) < 4.78 is 13.7. The molecule has 0 aliphatic rings. The Balaban J connectivity index is 1.57. The van der Waals surface area contributed by atoms with Gasteiger partial charge in [0, 0.05) is 41.1 Å². The van der Waals surface area contributed by atoms with E-state index in [4.69, 9.17) is 9.47 Å². The Hall–Kier alpha value is -2.47. The number of hydrogen-bond donors (Lipinski definition) is 1. The maximum absolute atomic E-state index is 12.2. The van der Waals surface area contributed by atoms with E-state index in [1.165, 1.54) is 0 Å². The van der Waals surface area contributed by atoms with Crippen molar-refractivity contribution in [3.63, 3.8) is 0 Å². The highest BCUT2D eigenvalue weighted by Crippen LogP contribution is 2.27. The zero-order valence-electron chi connectivity index (χ0n) is 14.8. The Bertz CT molecular complexity index is 921. The van der Waals surface area contributed by atoms with Gasteiger partial charge in [-0.1, -0.05) is 28.1 Å². The van der Waals surface area contributed by atoms with Crippen LogP contribution in [-0.4, -0.2) is 24.7 Å². The zero-order valence-corrected chi connectivity index (χ0v) is 16.4. The summed E-state index contributed by atoms with van der Waals surface area (Å²) in [4.78, 5) is 12.2. The molecule has 0 fully saturated rings. The van der Waals surface area contributed by atoms with E-state index in [1.807, 2.05) is 36.5 Å². The summed E-state index contributed by atoms with van der Waals surface area (Å²) in [6.07, 6.45) is 2.43. The average molecular weight is 417 g/mol. The number of methoxy groups -OCH3 is 2. The smallest absolute Gasteiger partial charge is 0.222 e. The number of carbonyl (C=O) groups is 1. The fourth-order valence-corrected chi connectivity index (χ4v) is 3.37. The van der Waals surface area contributed by atoms with E-state index in [2.05, 4.69) is 37.9 Å². The molecule has 1 aromatic heterocycles. The maximum Gasteiger partial charge on any atom is 0.222 e. The summed E-state index contributed by atoms with van der Waals surface area (Å²) in [6, 6.07) is 13.8. The van der Waals surface area contributed by atoms with Gasteiger partial charge in [0.25, 0.3) is 0 Å². The number of aryl methyl sites for hydroxylation is 1. The first-order valence-electron chi connectivity index (χ1n) is 8.33. The van der Waals surface area contributed by atoms with Crippen LogP contribution in [0.5, 0.6) is 11.5 Å². The molecule has 0 saturated carbocycles. The largest absolute Gasteiger partial charge is 0.493 e. The number of hydrogen-bond acceptors (Lipinski definition) is 3. The van der Waals surface area contributed by atoms with Crippen LogP contribution in [0.4, 0.5) is 0 Å². The van der Waals surface area contributed by atoms with Crippen LogP contribution < -0.4 is 14.8 Å². The second-order valence-electron chi connectivity index (χ2n) is 5.90. The average Bonchev–Trinajstić information content (AvgIpc) is 3.09. The first kappa shape index (κ1) is 18.3. The number of nitrogens with one attached hydrogen (secondary N) is 1. The topological polar surface area (TPSA) is 52.5 Å². The summed E-state index contributed by atoms with van der Waals surface area (Å²) in [7, 11) is 3.20. The Morgan fingerprint density at radius 3 is 2.69 bits per heavy atom. The van der Waals surface area contributed by atoms with Gasteiger partial charge >= 0.3 is 0 Å². The van der Waals surface area contributed by atoms with Crippen LogP contribution >= 0.6 is 15.9 Å². The van der Waals surface area contributed by atoms with Crippen LogP contribution in [0.15, 0.2) is 53.1 Å². The molecule has 1 heterocycles.